The van der Waals surface area contributed by atoms with Crippen molar-refractivity contribution in [2.24, 2.45) is 11.5 Å². The van der Waals surface area contributed by atoms with Crippen LogP contribution in [0.2, 0.25) is 0 Å². The molecule has 10 N–H and O–H groups in total. The lowest BCUT2D eigenvalue weighted by Crippen LogP contribution is -2.71. The number of nitrogens with zero attached hydrogens (tertiary/aromatic N) is 1. The molecule has 1 amide bonds. The summed E-state index contributed by atoms with van der Waals surface area (Å²) in [6.45, 7) is -0.438. The van der Waals surface area contributed by atoms with Gasteiger partial charge in [-0.3, -0.25) is 21.2 Å². The Bertz CT molecular complexity index is 427. The summed E-state index contributed by atoms with van der Waals surface area (Å²) in [6, 6.07) is -0.666. The van der Waals surface area contributed by atoms with Crippen LogP contribution >= 0.6 is 0 Å². The van der Waals surface area contributed by atoms with E-state index < -0.39 is 55.9 Å². The van der Waals surface area contributed by atoms with Crippen molar-refractivity contribution in [2.45, 2.75) is 49.3 Å². The molecule has 0 aliphatic carbocycles. The van der Waals surface area contributed by atoms with Crippen LogP contribution in [-0.2, 0) is 9.53 Å². The fourth-order valence-electron chi connectivity index (χ4n) is 3.02. The van der Waals surface area contributed by atoms with Gasteiger partial charge in [0, 0.05) is 0 Å². The molecule has 8 unspecified atom stereocenters. The number of aliphatic hydroxyl groups is 3. The number of hydrogen-bond acceptors (Lipinski definition) is 10. The highest BCUT2D eigenvalue weighted by atomic mass is 16.6. The van der Waals surface area contributed by atoms with Crippen LogP contribution in [0.15, 0.2) is 0 Å². The third-order valence-electron chi connectivity index (χ3n) is 4.05. The molecule has 0 aromatic rings. The fourth-order valence-corrected chi connectivity index (χ4v) is 3.02. The molecule has 120 valence electrons. The van der Waals surface area contributed by atoms with E-state index in [1.165, 1.54) is 4.90 Å². The highest BCUT2D eigenvalue weighted by Crippen LogP contribution is 2.29. The molecule has 3 aliphatic rings. The quantitative estimate of drug-likeness (QED) is 0.245. The average molecular weight is 304 g/mol. The number of ether oxygens (including phenoxy) is 1. The molecule has 0 radical (unpaired) electrons. The first-order valence-electron chi connectivity index (χ1n) is 6.67. The molecule has 11 heteroatoms. The Morgan fingerprint density at radius 3 is 2.57 bits per heavy atom. The van der Waals surface area contributed by atoms with Crippen molar-refractivity contribution in [3.63, 3.8) is 0 Å². The maximum atomic E-state index is 11.9. The van der Waals surface area contributed by atoms with Gasteiger partial charge in [0.2, 0.25) is 5.91 Å². The molecule has 0 spiro atoms. The predicted octanol–water partition coefficient (Wildman–Crippen LogP) is -5.77. The summed E-state index contributed by atoms with van der Waals surface area (Å²) in [7, 11) is 0. The molecule has 11 nitrogen and oxygen atoms in total. The molecular formula is C10H20N6O5. The SMILES string of the molecule is NC1NC(=O)C2NC(N)N(C3OC(CO)C(O)C3O)C2N1. The first-order chi connectivity index (χ1) is 9.93. The Hall–Kier alpha value is -0.890. The van der Waals surface area contributed by atoms with Crippen molar-refractivity contribution in [1.29, 1.82) is 0 Å². The van der Waals surface area contributed by atoms with Crippen LogP contribution in [0.5, 0.6) is 0 Å². The summed E-state index contributed by atoms with van der Waals surface area (Å²) in [5.41, 5.74) is 11.6. The Balaban J connectivity index is 1.83. The number of carbonyl (C=O) groups is 1. The number of amides is 1. The van der Waals surface area contributed by atoms with Gasteiger partial charge >= 0.3 is 0 Å². The third kappa shape index (κ3) is 2.32. The summed E-state index contributed by atoms with van der Waals surface area (Å²) in [6.07, 6.45) is -6.54. The lowest BCUT2D eigenvalue weighted by atomic mass is 10.1. The molecular weight excluding hydrogens is 284 g/mol. The van der Waals surface area contributed by atoms with Crippen molar-refractivity contribution in [3.05, 3.63) is 0 Å². The second-order valence-electron chi connectivity index (χ2n) is 5.36. The van der Waals surface area contributed by atoms with E-state index in [9.17, 15) is 15.0 Å². The minimum Gasteiger partial charge on any atom is -0.394 e. The van der Waals surface area contributed by atoms with Crippen LogP contribution in [0.3, 0.4) is 0 Å². The van der Waals surface area contributed by atoms with Crippen LogP contribution in [-0.4, -0.2) is 82.1 Å². The second-order valence-corrected chi connectivity index (χ2v) is 5.36. The monoisotopic (exact) mass is 304 g/mol. The van der Waals surface area contributed by atoms with E-state index in [1.807, 2.05) is 0 Å². The number of aliphatic hydroxyl groups excluding tert-OH is 3. The van der Waals surface area contributed by atoms with Crippen molar-refractivity contribution in [2.75, 3.05) is 6.61 Å². The van der Waals surface area contributed by atoms with Crippen LogP contribution in [0.25, 0.3) is 0 Å². The van der Waals surface area contributed by atoms with Crippen molar-refractivity contribution in [3.8, 4) is 0 Å². The van der Waals surface area contributed by atoms with Gasteiger partial charge in [0.05, 0.1) is 12.8 Å². The number of nitrogens with one attached hydrogen (secondary N) is 3. The summed E-state index contributed by atoms with van der Waals surface area (Å²) in [4.78, 5) is 13.4. The third-order valence-corrected chi connectivity index (χ3v) is 4.05. The van der Waals surface area contributed by atoms with Crippen LogP contribution < -0.4 is 27.4 Å². The van der Waals surface area contributed by atoms with E-state index in [0.717, 1.165) is 0 Å². The van der Waals surface area contributed by atoms with Crippen molar-refractivity contribution in [1.82, 2.24) is 20.9 Å². The molecule has 3 aliphatic heterocycles. The van der Waals surface area contributed by atoms with Gasteiger partial charge in [-0.1, -0.05) is 0 Å². The van der Waals surface area contributed by atoms with E-state index >= 15 is 0 Å². The van der Waals surface area contributed by atoms with E-state index in [4.69, 9.17) is 21.3 Å². The summed E-state index contributed by atoms with van der Waals surface area (Å²) in [5.74, 6) is -0.323. The van der Waals surface area contributed by atoms with E-state index in [1.54, 1.807) is 0 Å². The molecule has 3 heterocycles. The highest BCUT2D eigenvalue weighted by molar-refractivity contribution is 5.84. The number of carbonyl (C=O) groups excluding carboxylic acids is 1. The van der Waals surface area contributed by atoms with Gasteiger partial charge in [0.25, 0.3) is 0 Å². The predicted molar refractivity (Wildman–Crippen MR) is 67.5 cm³/mol. The standard InChI is InChI=1S/C10H20N6O5/c11-9-14-6-3(7(20)15-9)13-10(12)16(6)8-5(19)4(18)2(1-17)21-8/h2-6,8-10,13-14,17-19H,1,11-12H2,(H,15,20). The Morgan fingerprint density at radius 1 is 1.24 bits per heavy atom. The summed E-state index contributed by atoms with van der Waals surface area (Å²) < 4.78 is 5.45. The molecule has 0 aromatic carbocycles. The smallest absolute Gasteiger partial charge is 0.242 e. The largest absolute Gasteiger partial charge is 0.394 e. The summed E-state index contributed by atoms with van der Waals surface area (Å²) in [5, 5.41) is 37.4. The van der Waals surface area contributed by atoms with Crippen molar-refractivity contribution < 1.29 is 24.9 Å². The lowest BCUT2D eigenvalue weighted by Gasteiger charge is -2.38. The zero-order valence-electron chi connectivity index (χ0n) is 11.1. The van der Waals surface area contributed by atoms with Gasteiger partial charge in [-0.05, 0) is 0 Å². The Labute approximate surface area is 120 Å². The molecule has 0 bridgehead atoms. The fraction of sp³-hybridized carbons (Fsp3) is 0.900. The normalized spacial score (nSPS) is 51.0. The number of nitrogens with two attached hydrogens (primary N) is 2. The lowest BCUT2D eigenvalue weighted by molar-refractivity contribution is -0.136. The number of hydrogen-bond donors (Lipinski definition) is 8. The minimum atomic E-state index is -1.27. The summed E-state index contributed by atoms with van der Waals surface area (Å²) >= 11 is 0. The van der Waals surface area contributed by atoms with Gasteiger partial charge in [-0.25, -0.2) is 4.90 Å². The molecule has 3 rings (SSSR count). The van der Waals surface area contributed by atoms with Gasteiger partial charge < -0.3 is 31.1 Å². The van der Waals surface area contributed by atoms with Crippen LogP contribution in [0.1, 0.15) is 0 Å². The number of rotatable bonds is 2. The topological polar surface area (TPSA) is 178 Å². The Kier molecular flexibility index (Phi) is 3.85. The maximum Gasteiger partial charge on any atom is 0.242 e. The molecule has 3 saturated heterocycles. The second kappa shape index (κ2) is 5.39. The van der Waals surface area contributed by atoms with E-state index in [2.05, 4.69) is 16.0 Å². The zero-order valence-corrected chi connectivity index (χ0v) is 11.1. The van der Waals surface area contributed by atoms with E-state index in [0.29, 0.717) is 0 Å². The van der Waals surface area contributed by atoms with Gasteiger partial charge in [-0.15, -0.1) is 0 Å². The molecule has 3 fully saturated rings. The van der Waals surface area contributed by atoms with Gasteiger partial charge in [0.15, 0.2) is 0 Å². The first-order valence-corrected chi connectivity index (χ1v) is 6.67. The molecule has 0 aromatic heterocycles. The van der Waals surface area contributed by atoms with Crippen LogP contribution in [0, 0.1) is 0 Å². The average Bonchev–Trinajstić information content (AvgIpc) is 2.89. The maximum absolute atomic E-state index is 11.9. The van der Waals surface area contributed by atoms with Crippen LogP contribution in [0.4, 0.5) is 0 Å². The highest BCUT2D eigenvalue weighted by Gasteiger charge is 2.55. The van der Waals surface area contributed by atoms with Gasteiger partial charge in [0.1, 0.15) is 43.2 Å². The molecule has 8 atom stereocenters. The zero-order chi connectivity index (χ0) is 15.3. The Morgan fingerprint density at radius 2 is 1.95 bits per heavy atom. The number of fused-ring (bicyclic) bond motifs is 1. The van der Waals surface area contributed by atoms with E-state index in [-0.39, 0.29) is 5.91 Å². The first kappa shape index (κ1) is 15.0. The molecule has 21 heavy (non-hydrogen) atoms. The van der Waals surface area contributed by atoms with Gasteiger partial charge in [-0.2, -0.15) is 0 Å². The van der Waals surface area contributed by atoms with Crippen molar-refractivity contribution >= 4 is 5.91 Å². The molecule has 0 saturated carbocycles. The minimum absolute atomic E-state index is 0.323.